The molecule has 1 aliphatic rings. The van der Waals surface area contributed by atoms with E-state index in [0.29, 0.717) is 53.2 Å². The van der Waals surface area contributed by atoms with Gasteiger partial charge in [-0.2, -0.15) is 13.2 Å². The van der Waals surface area contributed by atoms with Gasteiger partial charge in [-0.15, -0.1) is 10.2 Å². The van der Waals surface area contributed by atoms with Crippen LogP contribution >= 0.6 is 0 Å². The van der Waals surface area contributed by atoms with Crippen molar-refractivity contribution in [1.82, 2.24) is 24.6 Å². The molecule has 11 heteroatoms. The van der Waals surface area contributed by atoms with Crippen LogP contribution in [0.15, 0.2) is 65.3 Å². The van der Waals surface area contributed by atoms with E-state index in [1.54, 1.807) is 41.9 Å². The molecule has 5 aromatic rings. The number of alkyl halides is 3. The number of aryl methyl sites for hydroxylation is 1. The van der Waals surface area contributed by atoms with Gasteiger partial charge in [-0.1, -0.05) is 18.2 Å². The molecule has 6 rings (SSSR count). The number of benzene rings is 3. The highest BCUT2D eigenvalue weighted by Gasteiger charge is 2.36. The van der Waals surface area contributed by atoms with E-state index >= 15 is 0 Å². The van der Waals surface area contributed by atoms with E-state index in [2.05, 4.69) is 15.2 Å². The predicted molar refractivity (Wildman–Crippen MR) is 136 cm³/mol. The summed E-state index contributed by atoms with van der Waals surface area (Å²) in [6, 6.07) is 14.0. The number of oxazole rings is 1. The lowest BCUT2D eigenvalue weighted by Gasteiger charge is -2.16. The fraction of sp³-hybridized carbons (Fsp3) is 0.250. The van der Waals surface area contributed by atoms with E-state index < -0.39 is 23.7 Å². The van der Waals surface area contributed by atoms with E-state index in [0.717, 1.165) is 6.07 Å². The SMILES string of the molecule is Cn1cnnc1-c1cc(F)ccc1-c1cccc(-c2nc3cc(CN4CC[C@@H](O)C4)cc(C(F)(F)F)c3o2)c1. The molecule has 0 radical (unpaired) electrons. The van der Waals surface area contributed by atoms with Crippen LogP contribution < -0.4 is 0 Å². The number of aliphatic hydroxyl groups is 1. The van der Waals surface area contributed by atoms with E-state index in [1.807, 2.05) is 11.0 Å². The van der Waals surface area contributed by atoms with Crippen molar-refractivity contribution < 1.29 is 27.1 Å². The minimum atomic E-state index is -4.64. The highest BCUT2D eigenvalue weighted by molar-refractivity contribution is 5.84. The Labute approximate surface area is 220 Å². The van der Waals surface area contributed by atoms with Crippen LogP contribution in [0.5, 0.6) is 0 Å². The number of β-amino-alcohol motifs (C(OH)–C–C–N with tert-alkyl or cyclic N) is 1. The minimum Gasteiger partial charge on any atom is -0.435 e. The van der Waals surface area contributed by atoms with E-state index in [1.165, 1.54) is 18.5 Å². The summed E-state index contributed by atoms with van der Waals surface area (Å²) in [5, 5.41) is 17.8. The Balaban J connectivity index is 1.42. The van der Waals surface area contributed by atoms with Crippen molar-refractivity contribution in [2.75, 3.05) is 13.1 Å². The number of hydrogen-bond donors (Lipinski definition) is 1. The van der Waals surface area contributed by atoms with Gasteiger partial charge in [-0.05, 0) is 59.5 Å². The third-order valence-corrected chi connectivity index (χ3v) is 6.86. The molecule has 0 aliphatic carbocycles. The molecule has 1 saturated heterocycles. The molecule has 1 aliphatic heterocycles. The quantitative estimate of drug-likeness (QED) is 0.291. The summed E-state index contributed by atoms with van der Waals surface area (Å²) < 4.78 is 63.6. The van der Waals surface area contributed by atoms with Gasteiger partial charge in [0.15, 0.2) is 11.4 Å². The van der Waals surface area contributed by atoms with Crippen molar-refractivity contribution in [3.05, 3.63) is 77.9 Å². The van der Waals surface area contributed by atoms with Crippen LogP contribution in [0, 0.1) is 5.82 Å². The summed E-state index contributed by atoms with van der Waals surface area (Å²) in [6.07, 6.45) is -3.02. The van der Waals surface area contributed by atoms with Crippen LogP contribution in [-0.2, 0) is 19.8 Å². The summed E-state index contributed by atoms with van der Waals surface area (Å²) >= 11 is 0. The standard InChI is InChI=1S/C28H23F4N5O2/c1-36-15-33-35-26(36)22-12-19(29)5-6-21(22)17-3-2-4-18(11-17)27-34-24-10-16(13-37-8-7-20(38)14-37)9-23(25(24)39-27)28(30,31)32/h2-6,9-12,15,20,38H,7-8,13-14H2,1H3/t20-/m1/s1. The molecule has 7 nitrogen and oxygen atoms in total. The Bertz CT molecular complexity index is 1680. The number of aromatic nitrogens is 4. The normalized spacial score (nSPS) is 16.4. The first kappa shape index (κ1) is 25.2. The Morgan fingerprint density at radius 3 is 2.59 bits per heavy atom. The summed E-state index contributed by atoms with van der Waals surface area (Å²) in [5.74, 6) is 0.0591. The number of likely N-dealkylation sites (tertiary alicyclic amines) is 1. The van der Waals surface area contributed by atoms with Gasteiger partial charge in [0.05, 0.1) is 6.10 Å². The van der Waals surface area contributed by atoms with Crippen molar-refractivity contribution >= 4 is 11.1 Å². The summed E-state index contributed by atoms with van der Waals surface area (Å²) in [4.78, 5) is 6.33. The molecule has 0 unspecified atom stereocenters. The zero-order valence-electron chi connectivity index (χ0n) is 20.8. The highest BCUT2D eigenvalue weighted by Crippen LogP contribution is 2.39. The Morgan fingerprint density at radius 1 is 1.05 bits per heavy atom. The first-order valence-electron chi connectivity index (χ1n) is 12.3. The van der Waals surface area contributed by atoms with Gasteiger partial charge in [0, 0.05) is 37.8 Å². The monoisotopic (exact) mass is 537 g/mol. The molecule has 0 amide bonds. The lowest BCUT2D eigenvalue weighted by Crippen LogP contribution is -2.21. The number of aliphatic hydroxyl groups excluding tert-OH is 1. The molecule has 1 atom stereocenters. The largest absolute Gasteiger partial charge is 0.435 e. The van der Waals surface area contributed by atoms with E-state index in [-0.39, 0.29) is 23.5 Å². The minimum absolute atomic E-state index is 0.0356. The Kier molecular flexibility index (Phi) is 6.19. The van der Waals surface area contributed by atoms with Gasteiger partial charge in [0.1, 0.15) is 23.2 Å². The van der Waals surface area contributed by atoms with Crippen molar-refractivity contribution in [3.63, 3.8) is 0 Å². The molecule has 3 heterocycles. The lowest BCUT2D eigenvalue weighted by molar-refractivity contribution is -0.136. The molecule has 39 heavy (non-hydrogen) atoms. The number of rotatable bonds is 5. The van der Waals surface area contributed by atoms with Gasteiger partial charge >= 0.3 is 6.18 Å². The summed E-state index contributed by atoms with van der Waals surface area (Å²) in [6.45, 7) is 1.29. The van der Waals surface area contributed by atoms with E-state index in [4.69, 9.17) is 4.42 Å². The van der Waals surface area contributed by atoms with Crippen LogP contribution in [0.1, 0.15) is 17.5 Å². The molecule has 0 saturated carbocycles. The van der Waals surface area contributed by atoms with Crippen molar-refractivity contribution in [1.29, 1.82) is 0 Å². The number of fused-ring (bicyclic) bond motifs is 1. The van der Waals surface area contributed by atoms with Crippen molar-refractivity contribution in [2.45, 2.75) is 25.2 Å². The molecule has 1 N–H and O–H groups in total. The summed E-state index contributed by atoms with van der Waals surface area (Å²) in [5.41, 5.74) is 1.63. The molecular weight excluding hydrogens is 514 g/mol. The van der Waals surface area contributed by atoms with E-state index in [9.17, 15) is 22.7 Å². The number of nitrogens with zero attached hydrogens (tertiary/aromatic N) is 5. The highest BCUT2D eigenvalue weighted by atomic mass is 19.4. The Hall–Kier alpha value is -4.09. The third-order valence-electron chi connectivity index (χ3n) is 6.86. The maximum Gasteiger partial charge on any atom is 0.420 e. The molecule has 200 valence electrons. The average Bonchev–Trinajstić information content (AvgIpc) is 3.62. The molecular formula is C28H23F4N5O2. The first-order valence-corrected chi connectivity index (χ1v) is 12.3. The second kappa shape index (κ2) is 9.58. The maximum atomic E-state index is 14.2. The first-order chi connectivity index (χ1) is 18.7. The van der Waals surface area contributed by atoms with Crippen LogP contribution in [0.4, 0.5) is 17.6 Å². The van der Waals surface area contributed by atoms with Crippen molar-refractivity contribution in [2.24, 2.45) is 7.05 Å². The molecule has 2 aromatic heterocycles. The fourth-order valence-electron chi connectivity index (χ4n) is 5.03. The molecule has 0 spiro atoms. The number of halogens is 4. The topological polar surface area (TPSA) is 80.2 Å². The van der Waals surface area contributed by atoms with Crippen LogP contribution in [0.25, 0.3) is 45.1 Å². The molecule has 0 bridgehead atoms. The van der Waals surface area contributed by atoms with Crippen LogP contribution in [0.2, 0.25) is 0 Å². The smallest absolute Gasteiger partial charge is 0.420 e. The zero-order valence-corrected chi connectivity index (χ0v) is 20.8. The van der Waals surface area contributed by atoms with Gasteiger partial charge in [-0.3, -0.25) is 4.90 Å². The fourth-order valence-corrected chi connectivity index (χ4v) is 5.03. The number of hydrogen-bond acceptors (Lipinski definition) is 6. The van der Waals surface area contributed by atoms with Gasteiger partial charge < -0.3 is 14.1 Å². The second-order valence-electron chi connectivity index (χ2n) is 9.72. The van der Waals surface area contributed by atoms with Gasteiger partial charge in [-0.25, -0.2) is 9.37 Å². The Morgan fingerprint density at radius 2 is 1.87 bits per heavy atom. The van der Waals surface area contributed by atoms with Crippen LogP contribution in [-0.4, -0.2) is 48.9 Å². The maximum absolute atomic E-state index is 14.2. The third kappa shape index (κ3) is 4.90. The lowest BCUT2D eigenvalue weighted by atomic mass is 9.97. The average molecular weight is 538 g/mol. The van der Waals surface area contributed by atoms with Crippen LogP contribution in [0.3, 0.4) is 0 Å². The van der Waals surface area contributed by atoms with Crippen molar-refractivity contribution in [3.8, 4) is 34.0 Å². The molecule has 3 aromatic carbocycles. The zero-order chi connectivity index (χ0) is 27.3. The summed E-state index contributed by atoms with van der Waals surface area (Å²) in [7, 11) is 1.75. The predicted octanol–water partition coefficient (Wildman–Crippen LogP) is 5.68. The van der Waals surface area contributed by atoms with Gasteiger partial charge in [0.25, 0.3) is 0 Å². The second-order valence-corrected chi connectivity index (χ2v) is 9.72. The van der Waals surface area contributed by atoms with Gasteiger partial charge in [0.2, 0.25) is 5.89 Å². The molecule has 1 fully saturated rings.